The lowest BCUT2D eigenvalue weighted by molar-refractivity contribution is -0.115. The van der Waals surface area contributed by atoms with Crippen LogP contribution in [0.1, 0.15) is 0 Å². The molecule has 12 heavy (non-hydrogen) atoms. The van der Waals surface area contributed by atoms with Gasteiger partial charge < -0.3 is 10.7 Å². The fourth-order valence-electron chi connectivity index (χ4n) is 0.677. The van der Waals surface area contributed by atoms with Gasteiger partial charge in [-0.1, -0.05) is 0 Å². The number of aromatic nitrogens is 2. The van der Waals surface area contributed by atoms with Crippen LogP contribution in [-0.2, 0) is 14.6 Å². The van der Waals surface area contributed by atoms with Crippen molar-refractivity contribution in [2.75, 3.05) is 5.75 Å². The van der Waals surface area contributed by atoms with Gasteiger partial charge in [0.15, 0.2) is 0 Å². The minimum absolute atomic E-state index is 0.235. The van der Waals surface area contributed by atoms with E-state index in [1.54, 1.807) is 0 Å². The van der Waals surface area contributed by atoms with Crippen LogP contribution >= 0.6 is 0 Å². The molecular weight excluding hydrogens is 182 g/mol. The van der Waals surface area contributed by atoms with E-state index in [0.29, 0.717) is 0 Å². The molecule has 1 rings (SSSR count). The Morgan fingerprint density at radius 1 is 1.67 bits per heavy atom. The lowest BCUT2D eigenvalue weighted by atomic mass is 10.8. The van der Waals surface area contributed by atoms with Crippen molar-refractivity contribution in [2.45, 2.75) is 5.16 Å². The number of rotatable bonds is 3. The summed E-state index contributed by atoms with van der Waals surface area (Å²) in [6, 6.07) is 0. The van der Waals surface area contributed by atoms with Gasteiger partial charge in [-0.15, -0.1) is 0 Å². The summed E-state index contributed by atoms with van der Waals surface area (Å²) in [5, 5.41) is -0.235. The first-order valence-electron chi connectivity index (χ1n) is 3.03. The van der Waals surface area contributed by atoms with Crippen LogP contribution in [0.4, 0.5) is 0 Å². The van der Waals surface area contributed by atoms with Gasteiger partial charge in [-0.2, -0.15) is 0 Å². The van der Waals surface area contributed by atoms with Crippen LogP contribution in [-0.4, -0.2) is 30.0 Å². The smallest absolute Gasteiger partial charge is 0.233 e. The molecule has 7 heteroatoms. The third-order valence-electron chi connectivity index (χ3n) is 1.10. The number of hydrogen-bond acceptors (Lipinski definition) is 4. The van der Waals surface area contributed by atoms with E-state index in [2.05, 4.69) is 9.97 Å². The zero-order valence-electron chi connectivity index (χ0n) is 6.02. The molecule has 1 heterocycles. The maximum Gasteiger partial charge on any atom is 0.233 e. The van der Waals surface area contributed by atoms with E-state index >= 15 is 0 Å². The molecule has 0 fully saturated rings. The summed E-state index contributed by atoms with van der Waals surface area (Å²) in [6.07, 6.45) is 2.64. The van der Waals surface area contributed by atoms with Crippen molar-refractivity contribution in [2.24, 2.45) is 5.73 Å². The second kappa shape index (κ2) is 2.94. The van der Waals surface area contributed by atoms with Gasteiger partial charge in [0.1, 0.15) is 5.75 Å². The van der Waals surface area contributed by atoms with Gasteiger partial charge in [-0.3, -0.25) is 4.79 Å². The third-order valence-corrected chi connectivity index (χ3v) is 2.58. The van der Waals surface area contributed by atoms with Crippen molar-refractivity contribution in [3.8, 4) is 0 Å². The van der Waals surface area contributed by atoms with Crippen LogP contribution in [0.5, 0.6) is 0 Å². The molecular formula is C5H7N3O3S. The Morgan fingerprint density at radius 2 is 2.33 bits per heavy atom. The number of carbonyl (C=O) groups is 1. The highest BCUT2D eigenvalue weighted by Crippen LogP contribution is 2.01. The molecule has 0 bridgehead atoms. The average Bonchev–Trinajstić information content (AvgIpc) is 2.32. The first-order valence-corrected chi connectivity index (χ1v) is 4.68. The summed E-state index contributed by atoms with van der Waals surface area (Å²) in [5.74, 6) is -1.62. The molecule has 6 nitrogen and oxygen atoms in total. The molecule has 0 saturated heterocycles. The van der Waals surface area contributed by atoms with Gasteiger partial charge in [0.05, 0.1) is 0 Å². The third kappa shape index (κ3) is 1.82. The van der Waals surface area contributed by atoms with E-state index in [1.165, 1.54) is 12.4 Å². The monoisotopic (exact) mass is 189 g/mol. The van der Waals surface area contributed by atoms with Crippen LogP contribution in [0, 0.1) is 0 Å². The second-order valence-corrected chi connectivity index (χ2v) is 4.02. The molecule has 0 aliphatic carbocycles. The van der Waals surface area contributed by atoms with E-state index in [1.807, 2.05) is 0 Å². The first kappa shape index (κ1) is 8.72. The van der Waals surface area contributed by atoms with Crippen molar-refractivity contribution in [1.29, 1.82) is 0 Å². The Hall–Kier alpha value is -1.37. The van der Waals surface area contributed by atoms with Crippen molar-refractivity contribution >= 4 is 15.7 Å². The predicted molar refractivity (Wildman–Crippen MR) is 39.8 cm³/mol. The minimum Gasteiger partial charge on any atom is -0.369 e. The van der Waals surface area contributed by atoms with E-state index in [-0.39, 0.29) is 5.16 Å². The summed E-state index contributed by atoms with van der Waals surface area (Å²) in [6.45, 7) is 0. The van der Waals surface area contributed by atoms with E-state index in [4.69, 9.17) is 5.73 Å². The van der Waals surface area contributed by atoms with Crippen molar-refractivity contribution in [3.63, 3.8) is 0 Å². The zero-order valence-corrected chi connectivity index (χ0v) is 6.84. The Balaban J connectivity index is 2.96. The molecule has 0 radical (unpaired) electrons. The molecule has 0 unspecified atom stereocenters. The summed E-state index contributed by atoms with van der Waals surface area (Å²) >= 11 is 0. The van der Waals surface area contributed by atoms with Crippen LogP contribution in [0.3, 0.4) is 0 Å². The van der Waals surface area contributed by atoms with Crippen molar-refractivity contribution < 1.29 is 13.2 Å². The number of H-pyrrole nitrogens is 1. The van der Waals surface area contributed by atoms with Gasteiger partial charge >= 0.3 is 0 Å². The molecule has 1 amide bonds. The number of imidazole rings is 1. The highest BCUT2D eigenvalue weighted by molar-refractivity contribution is 7.91. The fourth-order valence-corrected chi connectivity index (χ4v) is 1.66. The lowest BCUT2D eigenvalue weighted by Gasteiger charge is -1.95. The number of primary amides is 1. The predicted octanol–water partition coefficient (Wildman–Crippen LogP) is -1.33. The quantitative estimate of drug-likeness (QED) is 0.614. The van der Waals surface area contributed by atoms with Gasteiger partial charge in [0.2, 0.25) is 20.9 Å². The number of nitrogens with two attached hydrogens (primary N) is 1. The molecule has 66 valence electrons. The molecule has 1 aromatic heterocycles. The van der Waals surface area contributed by atoms with E-state index in [0.717, 1.165) is 0 Å². The molecule has 3 N–H and O–H groups in total. The van der Waals surface area contributed by atoms with Gasteiger partial charge in [-0.25, -0.2) is 13.4 Å². The molecule has 0 aromatic carbocycles. The highest BCUT2D eigenvalue weighted by Gasteiger charge is 2.19. The number of amides is 1. The summed E-state index contributed by atoms with van der Waals surface area (Å²) in [7, 11) is -3.66. The van der Waals surface area contributed by atoms with Gasteiger partial charge in [-0.05, 0) is 0 Å². The molecule has 1 aromatic rings. The lowest BCUT2D eigenvalue weighted by Crippen LogP contribution is -2.23. The zero-order chi connectivity index (χ0) is 9.19. The molecule has 0 aliphatic rings. The summed E-state index contributed by atoms with van der Waals surface area (Å²) < 4.78 is 22.2. The van der Waals surface area contributed by atoms with E-state index in [9.17, 15) is 13.2 Å². The Kier molecular flexibility index (Phi) is 2.13. The maximum atomic E-state index is 11.1. The highest BCUT2D eigenvalue weighted by atomic mass is 32.2. The molecule has 0 saturated carbocycles. The number of nitrogens with one attached hydrogen (secondary N) is 1. The number of hydrogen-bond donors (Lipinski definition) is 2. The number of carbonyl (C=O) groups excluding carboxylic acids is 1. The topological polar surface area (TPSA) is 106 Å². The number of nitrogens with zero attached hydrogens (tertiary/aromatic N) is 1. The SMILES string of the molecule is NC(=O)CS(=O)(=O)c1ncc[nH]1. The van der Waals surface area contributed by atoms with Crippen molar-refractivity contribution in [3.05, 3.63) is 12.4 Å². The van der Waals surface area contributed by atoms with Gasteiger partial charge in [0.25, 0.3) is 0 Å². The van der Waals surface area contributed by atoms with Crippen molar-refractivity contribution in [1.82, 2.24) is 9.97 Å². The summed E-state index contributed by atoms with van der Waals surface area (Å²) in [4.78, 5) is 16.2. The average molecular weight is 189 g/mol. The van der Waals surface area contributed by atoms with Crippen LogP contribution in [0.25, 0.3) is 0 Å². The standard InChI is InChI=1S/C5H7N3O3S/c6-4(9)3-12(10,11)5-7-1-2-8-5/h1-2H,3H2,(H2,6,9)(H,7,8). The Morgan fingerprint density at radius 3 is 2.75 bits per heavy atom. The molecule has 0 aliphatic heterocycles. The van der Waals surface area contributed by atoms with Gasteiger partial charge in [0, 0.05) is 12.4 Å². The Bertz CT molecular complexity index is 367. The maximum absolute atomic E-state index is 11.1. The van der Waals surface area contributed by atoms with Crippen LogP contribution in [0.15, 0.2) is 17.6 Å². The largest absolute Gasteiger partial charge is 0.369 e. The van der Waals surface area contributed by atoms with E-state index < -0.39 is 21.5 Å². The van der Waals surface area contributed by atoms with Crippen LogP contribution < -0.4 is 5.73 Å². The number of sulfone groups is 1. The molecule has 0 atom stereocenters. The Labute approximate surface area is 68.7 Å². The first-order chi connectivity index (χ1) is 5.52. The minimum atomic E-state index is -3.66. The molecule has 0 spiro atoms. The fraction of sp³-hybridized carbons (Fsp3) is 0.200. The summed E-state index contributed by atoms with van der Waals surface area (Å²) in [5.41, 5.74) is 4.72. The second-order valence-electron chi connectivity index (χ2n) is 2.12. The normalized spacial score (nSPS) is 11.3. The van der Waals surface area contributed by atoms with Crippen LogP contribution in [0.2, 0.25) is 0 Å². The number of aromatic amines is 1.